The third-order valence-corrected chi connectivity index (χ3v) is 4.14. The molecule has 0 radical (unpaired) electrons. The van der Waals surface area contributed by atoms with Gasteiger partial charge < -0.3 is 14.8 Å². The summed E-state index contributed by atoms with van der Waals surface area (Å²) in [5.41, 5.74) is 0.774. The van der Waals surface area contributed by atoms with Crippen LogP contribution in [0.2, 0.25) is 0 Å². The number of nitrogens with zero attached hydrogens (tertiary/aromatic N) is 1. The van der Waals surface area contributed by atoms with Crippen LogP contribution >= 0.6 is 22.6 Å². The molecule has 0 atom stereocenters. The van der Waals surface area contributed by atoms with Crippen LogP contribution in [-0.2, 0) is 4.79 Å². The molecule has 1 aromatic heterocycles. The minimum absolute atomic E-state index is 0.0641. The number of carbonyl (C=O) groups excluding carboxylic acids is 1. The average Bonchev–Trinajstić information content (AvgIpc) is 2.64. The monoisotopic (exact) mass is 446 g/mol. The van der Waals surface area contributed by atoms with Crippen LogP contribution < -0.4 is 14.8 Å². The van der Waals surface area contributed by atoms with E-state index in [0.29, 0.717) is 17.4 Å². The first-order valence-corrected chi connectivity index (χ1v) is 8.65. The van der Waals surface area contributed by atoms with E-state index in [2.05, 4.69) is 32.9 Å². The summed E-state index contributed by atoms with van der Waals surface area (Å²) in [4.78, 5) is 16.1. The Morgan fingerprint density at radius 2 is 1.68 bits per heavy atom. The molecule has 0 aliphatic carbocycles. The summed E-state index contributed by atoms with van der Waals surface area (Å²) < 4.78 is 12.1. The second kappa shape index (κ2) is 8.48. The number of carbonyl (C=O) groups is 1. The van der Waals surface area contributed by atoms with Gasteiger partial charge in [-0.15, -0.1) is 0 Å². The highest BCUT2D eigenvalue weighted by molar-refractivity contribution is 14.1. The molecule has 5 nitrogen and oxygen atoms in total. The summed E-state index contributed by atoms with van der Waals surface area (Å²) in [5.74, 6) is 1.55. The zero-order valence-corrected chi connectivity index (χ0v) is 15.3. The van der Waals surface area contributed by atoms with Crippen molar-refractivity contribution >= 4 is 34.2 Å². The lowest BCUT2D eigenvalue weighted by Gasteiger charge is -2.09. The van der Waals surface area contributed by atoms with Crippen molar-refractivity contribution in [1.29, 1.82) is 0 Å². The number of pyridine rings is 1. The number of halogens is 1. The van der Waals surface area contributed by atoms with E-state index in [1.165, 1.54) is 0 Å². The van der Waals surface area contributed by atoms with Gasteiger partial charge in [0.05, 0.1) is 5.69 Å². The lowest BCUT2D eigenvalue weighted by molar-refractivity contribution is -0.118. The molecule has 3 rings (SSSR count). The lowest BCUT2D eigenvalue weighted by Crippen LogP contribution is -2.20. The van der Waals surface area contributed by atoms with Gasteiger partial charge in [0, 0.05) is 15.8 Å². The number of aromatic nitrogens is 1. The Morgan fingerprint density at radius 3 is 2.40 bits per heavy atom. The molecule has 2 aromatic carbocycles. The molecule has 0 aliphatic heterocycles. The first-order chi connectivity index (χ1) is 12.2. The number of hydrogen-bond donors (Lipinski definition) is 1. The molecule has 25 heavy (non-hydrogen) atoms. The van der Waals surface area contributed by atoms with Crippen molar-refractivity contribution in [3.8, 4) is 17.4 Å². The van der Waals surface area contributed by atoms with Gasteiger partial charge in [0.25, 0.3) is 5.91 Å². The Labute approximate surface area is 159 Å². The first-order valence-electron chi connectivity index (χ1n) is 7.57. The van der Waals surface area contributed by atoms with Crippen LogP contribution in [0.15, 0.2) is 72.9 Å². The SMILES string of the molecule is O=C(COc1ccc(Oc2ccccn2)cc1)Nc1ccccc1I. The van der Waals surface area contributed by atoms with E-state index in [9.17, 15) is 4.79 Å². The molecule has 1 N–H and O–H groups in total. The summed E-state index contributed by atoms with van der Waals surface area (Å²) >= 11 is 2.17. The molecule has 3 aromatic rings. The summed E-state index contributed by atoms with van der Waals surface area (Å²) in [7, 11) is 0. The summed E-state index contributed by atoms with van der Waals surface area (Å²) in [6, 6.07) is 20.1. The highest BCUT2D eigenvalue weighted by Gasteiger charge is 2.06. The molecule has 0 fully saturated rings. The summed E-state index contributed by atoms with van der Waals surface area (Å²) in [6.07, 6.45) is 1.67. The van der Waals surface area contributed by atoms with Gasteiger partial charge in [0.15, 0.2) is 6.61 Å². The predicted molar refractivity (Wildman–Crippen MR) is 104 cm³/mol. The van der Waals surface area contributed by atoms with Crippen molar-refractivity contribution in [3.63, 3.8) is 0 Å². The van der Waals surface area contributed by atoms with Crippen molar-refractivity contribution in [2.75, 3.05) is 11.9 Å². The average molecular weight is 446 g/mol. The van der Waals surface area contributed by atoms with Gasteiger partial charge in [-0.2, -0.15) is 0 Å². The van der Waals surface area contributed by atoms with Crippen molar-refractivity contribution in [3.05, 3.63) is 76.5 Å². The van der Waals surface area contributed by atoms with Crippen molar-refractivity contribution < 1.29 is 14.3 Å². The molecule has 126 valence electrons. The molecule has 0 unspecified atom stereocenters. The number of rotatable bonds is 6. The molecule has 1 heterocycles. The second-order valence-electron chi connectivity index (χ2n) is 5.06. The van der Waals surface area contributed by atoms with E-state index in [4.69, 9.17) is 9.47 Å². The third-order valence-electron chi connectivity index (χ3n) is 3.20. The molecule has 6 heteroatoms. The van der Waals surface area contributed by atoms with Crippen LogP contribution in [0, 0.1) is 3.57 Å². The highest BCUT2D eigenvalue weighted by Crippen LogP contribution is 2.22. The predicted octanol–water partition coefficient (Wildman–Crippen LogP) is 4.50. The van der Waals surface area contributed by atoms with Crippen LogP contribution in [-0.4, -0.2) is 17.5 Å². The normalized spacial score (nSPS) is 10.1. The molecule has 1 amide bonds. The zero-order valence-electron chi connectivity index (χ0n) is 13.2. The Morgan fingerprint density at radius 1 is 0.960 bits per heavy atom. The smallest absolute Gasteiger partial charge is 0.262 e. The minimum atomic E-state index is -0.210. The number of hydrogen-bond acceptors (Lipinski definition) is 4. The quantitative estimate of drug-likeness (QED) is 0.567. The van der Waals surface area contributed by atoms with Crippen LogP contribution in [0.25, 0.3) is 0 Å². The zero-order chi connectivity index (χ0) is 17.5. The Balaban J connectivity index is 1.51. The molecule has 0 saturated heterocycles. The number of anilines is 1. The number of nitrogens with one attached hydrogen (secondary N) is 1. The maximum absolute atomic E-state index is 12.0. The molecular weight excluding hydrogens is 431 g/mol. The van der Waals surface area contributed by atoms with E-state index < -0.39 is 0 Å². The third kappa shape index (κ3) is 5.18. The van der Waals surface area contributed by atoms with Gasteiger partial charge in [-0.25, -0.2) is 4.98 Å². The fourth-order valence-corrected chi connectivity index (χ4v) is 2.55. The van der Waals surface area contributed by atoms with Gasteiger partial charge in [0.2, 0.25) is 5.88 Å². The van der Waals surface area contributed by atoms with E-state index >= 15 is 0 Å². The van der Waals surface area contributed by atoms with Gasteiger partial charge in [-0.1, -0.05) is 18.2 Å². The van der Waals surface area contributed by atoms with Crippen LogP contribution in [0.4, 0.5) is 5.69 Å². The van der Waals surface area contributed by atoms with E-state index in [-0.39, 0.29) is 12.5 Å². The van der Waals surface area contributed by atoms with E-state index in [0.717, 1.165) is 9.26 Å². The Kier molecular flexibility index (Phi) is 5.84. The fourth-order valence-electron chi connectivity index (χ4n) is 2.03. The maximum Gasteiger partial charge on any atom is 0.262 e. The number of benzene rings is 2. The van der Waals surface area contributed by atoms with E-state index in [1.54, 1.807) is 36.5 Å². The minimum Gasteiger partial charge on any atom is -0.484 e. The Bertz CT molecular complexity index is 839. The lowest BCUT2D eigenvalue weighted by atomic mass is 10.3. The Hall–Kier alpha value is -2.61. The number of amides is 1. The van der Waals surface area contributed by atoms with Gasteiger partial charge >= 0.3 is 0 Å². The molecule has 0 spiro atoms. The first kappa shape index (κ1) is 17.2. The maximum atomic E-state index is 12.0. The largest absolute Gasteiger partial charge is 0.484 e. The van der Waals surface area contributed by atoms with Crippen LogP contribution in [0.3, 0.4) is 0 Å². The van der Waals surface area contributed by atoms with E-state index in [1.807, 2.05) is 36.4 Å². The summed E-state index contributed by atoms with van der Waals surface area (Å²) in [5, 5.41) is 2.82. The van der Waals surface area contributed by atoms with Gasteiger partial charge in [-0.3, -0.25) is 4.79 Å². The van der Waals surface area contributed by atoms with Crippen molar-refractivity contribution in [2.24, 2.45) is 0 Å². The van der Waals surface area contributed by atoms with Crippen LogP contribution in [0.1, 0.15) is 0 Å². The molecule has 0 saturated carbocycles. The number of para-hydroxylation sites is 1. The molecule has 0 bridgehead atoms. The van der Waals surface area contributed by atoms with Crippen molar-refractivity contribution in [2.45, 2.75) is 0 Å². The number of ether oxygens (including phenoxy) is 2. The highest BCUT2D eigenvalue weighted by atomic mass is 127. The van der Waals surface area contributed by atoms with Gasteiger partial charge in [-0.05, 0) is 65.1 Å². The van der Waals surface area contributed by atoms with Gasteiger partial charge in [0.1, 0.15) is 11.5 Å². The molecule has 0 aliphatic rings. The van der Waals surface area contributed by atoms with Crippen LogP contribution in [0.5, 0.6) is 17.4 Å². The fraction of sp³-hybridized carbons (Fsp3) is 0.0526. The summed E-state index contributed by atoms with van der Waals surface area (Å²) in [6.45, 7) is -0.0641. The topological polar surface area (TPSA) is 60.5 Å². The van der Waals surface area contributed by atoms with Crippen molar-refractivity contribution in [1.82, 2.24) is 4.98 Å². The standard InChI is InChI=1S/C19H15IN2O3/c20-16-5-1-2-6-17(16)22-18(23)13-24-14-8-10-15(11-9-14)25-19-7-3-4-12-21-19/h1-12H,13H2,(H,22,23). The second-order valence-corrected chi connectivity index (χ2v) is 6.22. The molecular formula is C19H15IN2O3.